The van der Waals surface area contributed by atoms with Crippen LogP contribution in [0.15, 0.2) is 48.5 Å². The van der Waals surface area contributed by atoms with Crippen LogP contribution in [0.5, 0.6) is 5.75 Å². The Morgan fingerprint density at radius 1 is 1.00 bits per heavy atom. The SMILES string of the molecule is COc1ccccc1C(=O)N[C@H](C(=O)O[C@H](C)C(=O)Nc1ccc(C#N)cc1)C(C)C. The van der Waals surface area contributed by atoms with Gasteiger partial charge in [0.05, 0.1) is 24.3 Å². The molecule has 0 aliphatic heterocycles. The number of methoxy groups -OCH3 is 1. The van der Waals surface area contributed by atoms with Crippen LogP contribution in [0.2, 0.25) is 0 Å². The van der Waals surface area contributed by atoms with Crippen molar-refractivity contribution in [2.75, 3.05) is 12.4 Å². The molecule has 2 rings (SSSR count). The number of esters is 1. The summed E-state index contributed by atoms with van der Waals surface area (Å²) in [4.78, 5) is 37.7. The number of hydrogen-bond acceptors (Lipinski definition) is 6. The molecule has 2 atom stereocenters. The lowest BCUT2D eigenvalue weighted by atomic mass is 10.0. The molecule has 0 saturated carbocycles. The highest BCUT2D eigenvalue weighted by atomic mass is 16.5. The summed E-state index contributed by atoms with van der Waals surface area (Å²) in [6.07, 6.45) is -1.09. The third kappa shape index (κ3) is 6.31. The van der Waals surface area contributed by atoms with E-state index in [4.69, 9.17) is 14.7 Å². The Balaban J connectivity index is 2.02. The van der Waals surface area contributed by atoms with E-state index in [1.165, 1.54) is 14.0 Å². The lowest BCUT2D eigenvalue weighted by Crippen LogP contribution is -2.47. The highest BCUT2D eigenvalue weighted by molar-refractivity contribution is 6.00. The van der Waals surface area contributed by atoms with Crippen LogP contribution in [0.4, 0.5) is 5.69 Å². The van der Waals surface area contributed by atoms with Gasteiger partial charge in [0.25, 0.3) is 11.8 Å². The van der Waals surface area contributed by atoms with Gasteiger partial charge in [0, 0.05) is 5.69 Å². The van der Waals surface area contributed by atoms with E-state index in [1.807, 2.05) is 6.07 Å². The van der Waals surface area contributed by atoms with Gasteiger partial charge in [-0.2, -0.15) is 5.26 Å². The quantitative estimate of drug-likeness (QED) is 0.631. The highest BCUT2D eigenvalue weighted by Crippen LogP contribution is 2.18. The zero-order chi connectivity index (χ0) is 23.0. The van der Waals surface area contributed by atoms with E-state index in [-0.39, 0.29) is 11.5 Å². The molecule has 0 spiro atoms. The Morgan fingerprint density at radius 3 is 2.23 bits per heavy atom. The van der Waals surface area contributed by atoms with E-state index in [1.54, 1.807) is 62.4 Å². The zero-order valence-corrected chi connectivity index (χ0v) is 17.8. The minimum Gasteiger partial charge on any atom is -0.496 e. The number of hydrogen-bond donors (Lipinski definition) is 2. The lowest BCUT2D eigenvalue weighted by molar-refractivity contribution is -0.156. The average Bonchev–Trinajstić information content (AvgIpc) is 2.77. The summed E-state index contributed by atoms with van der Waals surface area (Å²) in [5.74, 6) is -1.63. The second-order valence-corrected chi connectivity index (χ2v) is 7.15. The van der Waals surface area contributed by atoms with Gasteiger partial charge < -0.3 is 20.1 Å². The number of carbonyl (C=O) groups excluding carboxylic acids is 3. The van der Waals surface area contributed by atoms with Crippen molar-refractivity contribution < 1.29 is 23.9 Å². The van der Waals surface area contributed by atoms with Crippen LogP contribution in [0.25, 0.3) is 0 Å². The molecule has 2 aromatic rings. The highest BCUT2D eigenvalue weighted by Gasteiger charge is 2.30. The van der Waals surface area contributed by atoms with E-state index in [0.717, 1.165) is 0 Å². The summed E-state index contributed by atoms with van der Waals surface area (Å²) < 4.78 is 10.5. The number of nitrogens with zero attached hydrogens (tertiary/aromatic N) is 1. The van der Waals surface area contributed by atoms with Crippen molar-refractivity contribution in [1.29, 1.82) is 5.26 Å². The molecule has 0 aliphatic carbocycles. The molecule has 0 bridgehead atoms. The average molecular weight is 423 g/mol. The van der Waals surface area contributed by atoms with Crippen LogP contribution in [-0.4, -0.2) is 37.0 Å². The summed E-state index contributed by atoms with van der Waals surface area (Å²) >= 11 is 0. The second kappa shape index (κ2) is 10.8. The molecule has 162 valence electrons. The second-order valence-electron chi connectivity index (χ2n) is 7.15. The van der Waals surface area contributed by atoms with Gasteiger partial charge in [0.2, 0.25) is 0 Å². The van der Waals surface area contributed by atoms with Crippen LogP contribution in [0.3, 0.4) is 0 Å². The molecule has 0 heterocycles. The van der Waals surface area contributed by atoms with Gasteiger partial charge in [0.1, 0.15) is 11.8 Å². The minimum atomic E-state index is -1.09. The first kappa shape index (κ1) is 23.4. The van der Waals surface area contributed by atoms with Gasteiger partial charge in [-0.25, -0.2) is 4.79 Å². The molecule has 0 aliphatic rings. The standard InChI is InChI=1S/C23H25N3O5/c1-14(2)20(26-22(28)18-7-5-6-8-19(18)30-4)23(29)31-15(3)21(27)25-17-11-9-16(13-24)10-12-17/h5-12,14-15,20H,1-4H3,(H,25,27)(H,26,28)/t15-,20+/m1/s1. The van der Waals surface area contributed by atoms with Crippen molar-refractivity contribution in [3.05, 3.63) is 59.7 Å². The Labute approximate surface area is 181 Å². The molecule has 0 unspecified atom stereocenters. The molecule has 0 aromatic heterocycles. The molecule has 2 N–H and O–H groups in total. The summed E-state index contributed by atoms with van der Waals surface area (Å²) in [5.41, 5.74) is 1.22. The number of nitriles is 1. The van der Waals surface area contributed by atoms with Crippen molar-refractivity contribution in [2.24, 2.45) is 5.92 Å². The zero-order valence-electron chi connectivity index (χ0n) is 17.8. The van der Waals surface area contributed by atoms with E-state index < -0.39 is 29.9 Å². The topological polar surface area (TPSA) is 118 Å². The van der Waals surface area contributed by atoms with Gasteiger partial charge in [-0.05, 0) is 49.2 Å². The largest absolute Gasteiger partial charge is 0.496 e. The van der Waals surface area contributed by atoms with Gasteiger partial charge in [0.15, 0.2) is 6.10 Å². The number of ether oxygens (including phenoxy) is 2. The molecule has 8 heteroatoms. The molecule has 2 amide bonds. The van der Waals surface area contributed by atoms with Crippen molar-refractivity contribution in [1.82, 2.24) is 5.32 Å². The normalized spacial score (nSPS) is 12.3. The van der Waals surface area contributed by atoms with Gasteiger partial charge >= 0.3 is 5.97 Å². The Morgan fingerprint density at radius 2 is 1.65 bits per heavy atom. The number of carbonyl (C=O) groups is 3. The smallest absolute Gasteiger partial charge is 0.329 e. The number of anilines is 1. The lowest BCUT2D eigenvalue weighted by Gasteiger charge is -2.23. The van der Waals surface area contributed by atoms with Gasteiger partial charge in [-0.3, -0.25) is 9.59 Å². The summed E-state index contributed by atoms with van der Waals surface area (Å²) in [6, 6.07) is 14.0. The number of benzene rings is 2. The van der Waals surface area contributed by atoms with E-state index in [0.29, 0.717) is 17.0 Å². The van der Waals surface area contributed by atoms with Crippen LogP contribution in [-0.2, 0) is 14.3 Å². The first-order chi connectivity index (χ1) is 14.8. The third-order valence-corrected chi connectivity index (χ3v) is 4.50. The van der Waals surface area contributed by atoms with E-state index >= 15 is 0 Å². The van der Waals surface area contributed by atoms with E-state index in [2.05, 4.69) is 10.6 Å². The van der Waals surface area contributed by atoms with Crippen LogP contribution >= 0.6 is 0 Å². The first-order valence-corrected chi connectivity index (χ1v) is 9.72. The number of para-hydroxylation sites is 1. The van der Waals surface area contributed by atoms with Crippen molar-refractivity contribution >= 4 is 23.5 Å². The van der Waals surface area contributed by atoms with Crippen molar-refractivity contribution in [3.63, 3.8) is 0 Å². The van der Waals surface area contributed by atoms with Crippen molar-refractivity contribution in [3.8, 4) is 11.8 Å². The number of amides is 2. The number of rotatable bonds is 8. The first-order valence-electron chi connectivity index (χ1n) is 9.72. The maximum atomic E-state index is 12.7. The maximum absolute atomic E-state index is 12.7. The van der Waals surface area contributed by atoms with Crippen LogP contribution in [0.1, 0.15) is 36.7 Å². The molecule has 8 nitrogen and oxygen atoms in total. The predicted octanol–water partition coefficient (Wildman–Crippen LogP) is 2.89. The fraction of sp³-hybridized carbons (Fsp3) is 0.304. The molecule has 2 aromatic carbocycles. The minimum absolute atomic E-state index is 0.278. The summed E-state index contributed by atoms with van der Waals surface area (Å²) in [7, 11) is 1.45. The monoisotopic (exact) mass is 423 g/mol. The van der Waals surface area contributed by atoms with Crippen LogP contribution < -0.4 is 15.4 Å². The summed E-state index contributed by atoms with van der Waals surface area (Å²) in [5, 5.41) is 14.1. The molecular formula is C23H25N3O5. The fourth-order valence-corrected chi connectivity index (χ4v) is 2.72. The molecule has 0 radical (unpaired) electrons. The molecule has 31 heavy (non-hydrogen) atoms. The Hall–Kier alpha value is -3.86. The van der Waals surface area contributed by atoms with Crippen molar-refractivity contribution in [2.45, 2.75) is 32.9 Å². The molecule has 0 saturated heterocycles. The van der Waals surface area contributed by atoms with Gasteiger partial charge in [-0.1, -0.05) is 26.0 Å². The fourth-order valence-electron chi connectivity index (χ4n) is 2.72. The summed E-state index contributed by atoms with van der Waals surface area (Å²) in [6.45, 7) is 4.96. The number of nitrogens with one attached hydrogen (secondary N) is 2. The maximum Gasteiger partial charge on any atom is 0.329 e. The van der Waals surface area contributed by atoms with Gasteiger partial charge in [-0.15, -0.1) is 0 Å². The third-order valence-electron chi connectivity index (χ3n) is 4.50. The molecule has 0 fully saturated rings. The van der Waals surface area contributed by atoms with E-state index in [9.17, 15) is 14.4 Å². The Kier molecular flexibility index (Phi) is 8.15. The molecular weight excluding hydrogens is 398 g/mol. The van der Waals surface area contributed by atoms with Crippen LogP contribution in [0, 0.1) is 17.2 Å². The predicted molar refractivity (Wildman–Crippen MR) is 114 cm³/mol. The Bertz CT molecular complexity index is 979.